The molecule has 0 bridgehead atoms. The van der Waals surface area contributed by atoms with Crippen molar-refractivity contribution >= 4 is 11.8 Å². The topological polar surface area (TPSA) is 26.0 Å². The van der Waals surface area contributed by atoms with Crippen molar-refractivity contribution in [2.45, 2.75) is 37.3 Å². The number of benzene rings is 1. The molecule has 0 spiro atoms. The van der Waals surface area contributed by atoms with E-state index < -0.39 is 11.7 Å². The highest BCUT2D eigenvalue weighted by Gasteiger charge is 2.33. The maximum absolute atomic E-state index is 12.9. The number of nitrogens with two attached hydrogens (primary N) is 1. The van der Waals surface area contributed by atoms with E-state index in [0.717, 1.165) is 18.6 Å². The lowest BCUT2D eigenvalue weighted by atomic mass is 10.1. The zero-order valence-electron chi connectivity index (χ0n) is 10.4. The van der Waals surface area contributed by atoms with Crippen LogP contribution in [-0.2, 0) is 12.6 Å². The van der Waals surface area contributed by atoms with Crippen molar-refractivity contribution in [2.24, 2.45) is 5.73 Å². The Morgan fingerprint density at radius 1 is 1.28 bits per heavy atom. The molecule has 102 valence electrons. The van der Waals surface area contributed by atoms with Crippen LogP contribution in [0.1, 0.15) is 30.9 Å². The second-order valence-electron chi connectivity index (χ2n) is 4.07. The van der Waals surface area contributed by atoms with Gasteiger partial charge in [0.25, 0.3) is 0 Å². The van der Waals surface area contributed by atoms with Crippen LogP contribution < -0.4 is 5.73 Å². The van der Waals surface area contributed by atoms with Gasteiger partial charge in [0.05, 0.1) is 5.56 Å². The number of hydrogen-bond donors (Lipinski definition) is 1. The lowest BCUT2D eigenvalue weighted by molar-refractivity contribution is -0.139. The van der Waals surface area contributed by atoms with Crippen molar-refractivity contribution in [3.63, 3.8) is 0 Å². The van der Waals surface area contributed by atoms with E-state index in [2.05, 4.69) is 0 Å². The van der Waals surface area contributed by atoms with Gasteiger partial charge in [-0.3, -0.25) is 0 Å². The van der Waals surface area contributed by atoms with Gasteiger partial charge < -0.3 is 5.73 Å². The predicted molar refractivity (Wildman–Crippen MR) is 69.8 cm³/mol. The van der Waals surface area contributed by atoms with Gasteiger partial charge in [-0.05, 0) is 42.8 Å². The maximum atomic E-state index is 12.9. The first-order valence-electron chi connectivity index (χ1n) is 6.02. The van der Waals surface area contributed by atoms with Crippen molar-refractivity contribution in [1.29, 1.82) is 0 Å². The van der Waals surface area contributed by atoms with Gasteiger partial charge in [0.2, 0.25) is 0 Å². The summed E-state index contributed by atoms with van der Waals surface area (Å²) in [6, 6.07) is 4.52. The number of unbranched alkanes of at least 4 members (excludes halogenated alkanes) is 1. The summed E-state index contributed by atoms with van der Waals surface area (Å²) in [5.41, 5.74) is 5.48. The van der Waals surface area contributed by atoms with E-state index >= 15 is 0 Å². The fourth-order valence-corrected chi connectivity index (χ4v) is 2.72. The van der Waals surface area contributed by atoms with Gasteiger partial charge in [0.15, 0.2) is 0 Å². The van der Waals surface area contributed by atoms with E-state index in [1.54, 1.807) is 12.1 Å². The number of halogens is 3. The molecule has 0 fully saturated rings. The summed E-state index contributed by atoms with van der Waals surface area (Å²) in [5.74, 6) is 0.718. The Balaban J connectivity index is 2.94. The summed E-state index contributed by atoms with van der Waals surface area (Å²) in [5, 5.41) is 0. The molecule has 0 aliphatic carbocycles. The largest absolute Gasteiger partial charge is 0.417 e. The normalized spacial score (nSPS) is 11.8. The van der Waals surface area contributed by atoms with Crippen LogP contribution in [0.3, 0.4) is 0 Å². The van der Waals surface area contributed by atoms with Crippen LogP contribution in [0.4, 0.5) is 13.2 Å². The predicted octanol–water partition coefficient (Wildman–Crippen LogP) is 4.10. The summed E-state index contributed by atoms with van der Waals surface area (Å²) in [6.45, 7) is 2.38. The molecule has 18 heavy (non-hydrogen) atoms. The SMILES string of the molecule is CCCCSc1ccc(CCN)cc1C(F)(F)F. The molecular formula is C13H18F3NS. The zero-order chi connectivity index (χ0) is 13.6. The van der Waals surface area contributed by atoms with Crippen LogP contribution in [0.15, 0.2) is 23.1 Å². The second-order valence-corrected chi connectivity index (χ2v) is 5.21. The molecule has 1 nitrogen and oxygen atoms in total. The highest BCUT2D eigenvalue weighted by molar-refractivity contribution is 7.99. The molecule has 0 saturated heterocycles. The number of alkyl halides is 3. The van der Waals surface area contributed by atoms with E-state index in [1.165, 1.54) is 17.8 Å². The number of rotatable bonds is 6. The average molecular weight is 277 g/mol. The monoisotopic (exact) mass is 277 g/mol. The van der Waals surface area contributed by atoms with E-state index in [0.29, 0.717) is 23.4 Å². The zero-order valence-corrected chi connectivity index (χ0v) is 11.2. The Morgan fingerprint density at radius 2 is 2.00 bits per heavy atom. The molecule has 0 saturated carbocycles. The molecule has 0 heterocycles. The first-order valence-corrected chi connectivity index (χ1v) is 7.00. The highest BCUT2D eigenvalue weighted by atomic mass is 32.2. The van der Waals surface area contributed by atoms with Crippen molar-refractivity contribution in [3.05, 3.63) is 29.3 Å². The van der Waals surface area contributed by atoms with Gasteiger partial charge >= 0.3 is 6.18 Å². The average Bonchev–Trinajstić information content (AvgIpc) is 2.30. The third-order valence-corrected chi connectivity index (χ3v) is 3.70. The molecule has 1 aromatic carbocycles. The third-order valence-electron chi connectivity index (χ3n) is 2.54. The lowest BCUT2D eigenvalue weighted by Crippen LogP contribution is -2.09. The van der Waals surface area contributed by atoms with Crippen LogP contribution in [0.2, 0.25) is 0 Å². The first kappa shape index (κ1) is 15.4. The van der Waals surface area contributed by atoms with E-state index in [1.807, 2.05) is 6.92 Å². The van der Waals surface area contributed by atoms with Gasteiger partial charge in [-0.25, -0.2) is 0 Å². The Bertz CT molecular complexity index is 377. The summed E-state index contributed by atoms with van der Waals surface area (Å²) in [4.78, 5) is 0.316. The minimum Gasteiger partial charge on any atom is -0.330 e. The Morgan fingerprint density at radius 3 is 2.56 bits per heavy atom. The highest BCUT2D eigenvalue weighted by Crippen LogP contribution is 2.37. The first-order chi connectivity index (χ1) is 8.49. The number of thioether (sulfide) groups is 1. The molecule has 0 unspecified atom stereocenters. The van der Waals surface area contributed by atoms with Crippen molar-refractivity contribution < 1.29 is 13.2 Å². The molecule has 5 heteroatoms. The van der Waals surface area contributed by atoms with Crippen molar-refractivity contribution in [3.8, 4) is 0 Å². The molecule has 0 aromatic heterocycles. The number of hydrogen-bond acceptors (Lipinski definition) is 2. The Hall–Kier alpha value is -0.680. The quantitative estimate of drug-likeness (QED) is 0.626. The van der Waals surface area contributed by atoms with Crippen LogP contribution in [0.5, 0.6) is 0 Å². The lowest BCUT2D eigenvalue weighted by Gasteiger charge is -2.14. The van der Waals surface area contributed by atoms with Crippen LogP contribution >= 0.6 is 11.8 Å². The fourth-order valence-electron chi connectivity index (χ4n) is 1.57. The van der Waals surface area contributed by atoms with Crippen LogP contribution in [-0.4, -0.2) is 12.3 Å². The third kappa shape index (κ3) is 4.53. The van der Waals surface area contributed by atoms with Crippen LogP contribution in [0.25, 0.3) is 0 Å². The molecule has 0 amide bonds. The molecule has 2 N–H and O–H groups in total. The standard InChI is InChI=1S/C13H18F3NS/c1-2-3-8-18-12-5-4-10(6-7-17)9-11(12)13(14,15)16/h4-5,9H,2-3,6-8,17H2,1H3. The smallest absolute Gasteiger partial charge is 0.330 e. The van der Waals surface area contributed by atoms with Gasteiger partial charge in [0.1, 0.15) is 0 Å². The second kappa shape index (κ2) is 7.04. The van der Waals surface area contributed by atoms with Gasteiger partial charge in [-0.1, -0.05) is 19.4 Å². The van der Waals surface area contributed by atoms with E-state index in [4.69, 9.17) is 5.73 Å². The van der Waals surface area contributed by atoms with Crippen LogP contribution in [0, 0.1) is 0 Å². The summed E-state index contributed by atoms with van der Waals surface area (Å²) < 4.78 is 38.8. The molecule has 1 rings (SSSR count). The van der Waals surface area contributed by atoms with E-state index in [9.17, 15) is 13.2 Å². The minimum atomic E-state index is -4.29. The van der Waals surface area contributed by atoms with Crippen molar-refractivity contribution in [1.82, 2.24) is 0 Å². The van der Waals surface area contributed by atoms with Crippen molar-refractivity contribution in [2.75, 3.05) is 12.3 Å². The molecule has 0 radical (unpaired) electrons. The van der Waals surface area contributed by atoms with Gasteiger partial charge in [0, 0.05) is 4.90 Å². The Kier molecular flexibility index (Phi) is 6.02. The Labute approximate surface area is 110 Å². The molecule has 0 aliphatic heterocycles. The summed E-state index contributed by atoms with van der Waals surface area (Å²) in [6.07, 6.45) is -1.91. The molecule has 1 aromatic rings. The van der Waals surface area contributed by atoms with E-state index in [-0.39, 0.29) is 0 Å². The minimum absolute atomic E-state index is 0.316. The summed E-state index contributed by atoms with van der Waals surface area (Å²) >= 11 is 1.27. The summed E-state index contributed by atoms with van der Waals surface area (Å²) in [7, 11) is 0. The molecule has 0 aliphatic rings. The van der Waals surface area contributed by atoms with Gasteiger partial charge in [-0.15, -0.1) is 11.8 Å². The maximum Gasteiger partial charge on any atom is 0.417 e. The molecular weight excluding hydrogens is 259 g/mol. The molecule has 0 atom stereocenters. The fraction of sp³-hybridized carbons (Fsp3) is 0.538. The van der Waals surface area contributed by atoms with Gasteiger partial charge in [-0.2, -0.15) is 13.2 Å².